The second kappa shape index (κ2) is 4.34. The molecule has 0 radical (unpaired) electrons. The molecule has 0 bridgehead atoms. The molecule has 0 amide bonds. The van der Waals surface area contributed by atoms with E-state index in [4.69, 9.17) is 5.73 Å². The Hall–Kier alpha value is -0.220. The fourth-order valence-corrected chi connectivity index (χ4v) is 2.68. The third-order valence-electron chi connectivity index (χ3n) is 3.90. The number of rotatable bonds is 3. The SMILES string of the molecule is NCC1CCN1CC1CCCCC1(F)F. The van der Waals surface area contributed by atoms with E-state index in [9.17, 15) is 8.78 Å². The van der Waals surface area contributed by atoms with Crippen molar-refractivity contribution in [2.24, 2.45) is 11.7 Å². The molecule has 2 nitrogen and oxygen atoms in total. The van der Waals surface area contributed by atoms with Crippen LogP contribution in [0.25, 0.3) is 0 Å². The molecule has 1 aliphatic carbocycles. The van der Waals surface area contributed by atoms with Crippen LogP contribution in [0.3, 0.4) is 0 Å². The molecule has 0 spiro atoms. The maximum Gasteiger partial charge on any atom is 0.252 e. The molecule has 15 heavy (non-hydrogen) atoms. The van der Waals surface area contributed by atoms with Crippen molar-refractivity contribution < 1.29 is 8.78 Å². The van der Waals surface area contributed by atoms with Crippen molar-refractivity contribution in [3.05, 3.63) is 0 Å². The van der Waals surface area contributed by atoms with Crippen molar-refractivity contribution in [2.45, 2.75) is 44.1 Å². The summed E-state index contributed by atoms with van der Waals surface area (Å²) >= 11 is 0. The van der Waals surface area contributed by atoms with Crippen molar-refractivity contribution >= 4 is 0 Å². The topological polar surface area (TPSA) is 29.3 Å². The number of alkyl halides is 2. The van der Waals surface area contributed by atoms with Crippen molar-refractivity contribution in [3.8, 4) is 0 Å². The minimum atomic E-state index is -2.44. The fourth-order valence-electron chi connectivity index (χ4n) is 2.68. The highest BCUT2D eigenvalue weighted by atomic mass is 19.3. The highest BCUT2D eigenvalue weighted by Crippen LogP contribution is 2.39. The summed E-state index contributed by atoms with van der Waals surface area (Å²) in [4.78, 5) is 2.13. The van der Waals surface area contributed by atoms with Gasteiger partial charge in [-0.15, -0.1) is 0 Å². The predicted molar refractivity (Wildman–Crippen MR) is 55.9 cm³/mol. The zero-order chi connectivity index (χ0) is 10.9. The Morgan fingerprint density at radius 2 is 2.07 bits per heavy atom. The van der Waals surface area contributed by atoms with E-state index < -0.39 is 11.8 Å². The largest absolute Gasteiger partial charge is 0.329 e. The standard InChI is InChI=1S/C11H20F2N2/c12-11(13)5-2-1-3-9(11)8-15-6-4-10(15)7-14/h9-10H,1-8,14H2. The monoisotopic (exact) mass is 218 g/mol. The van der Waals surface area contributed by atoms with Gasteiger partial charge >= 0.3 is 0 Å². The predicted octanol–water partition coefficient (Wildman–Crippen LogP) is 1.84. The van der Waals surface area contributed by atoms with Gasteiger partial charge in [-0.3, -0.25) is 4.90 Å². The van der Waals surface area contributed by atoms with Gasteiger partial charge in [0.05, 0.1) is 0 Å². The number of likely N-dealkylation sites (tertiary alicyclic amines) is 1. The van der Waals surface area contributed by atoms with Crippen LogP contribution in [0.4, 0.5) is 8.78 Å². The van der Waals surface area contributed by atoms with Crippen LogP contribution < -0.4 is 5.73 Å². The van der Waals surface area contributed by atoms with E-state index in [2.05, 4.69) is 4.90 Å². The van der Waals surface area contributed by atoms with Crippen molar-refractivity contribution in [2.75, 3.05) is 19.6 Å². The second-order valence-electron chi connectivity index (χ2n) is 4.88. The highest BCUT2D eigenvalue weighted by Gasteiger charge is 2.43. The Kier molecular flexibility index (Phi) is 3.26. The van der Waals surface area contributed by atoms with E-state index in [0.29, 0.717) is 32.0 Å². The Bertz CT molecular complexity index is 219. The first-order valence-electron chi connectivity index (χ1n) is 5.95. The molecule has 2 N–H and O–H groups in total. The van der Waals surface area contributed by atoms with Gasteiger partial charge in [0.15, 0.2) is 0 Å². The van der Waals surface area contributed by atoms with Crippen molar-refractivity contribution in [1.82, 2.24) is 4.90 Å². The number of nitrogens with two attached hydrogens (primary N) is 1. The van der Waals surface area contributed by atoms with Crippen LogP contribution in [-0.4, -0.2) is 36.5 Å². The Morgan fingerprint density at radius 1 is 1.27 bits per heavy atom. The maximum atomic E-state index is 13.6. The number of hydrogen-bond acceptors (Lipinski definition) is 2. The van der Waals surface area contributed by atoms with Gasteiger partial charge in [-0.25, -0.2) is 8.78 Å². The minimum Gasteiger partial charge on any atom is -0.329 e. The maximum absolute atomic E-state index is 13.6. The first-order valence-corrected chi connectivity index (χ1v) is 5.95. The van der Waals surface area contributed by atoms with Crippen LogP contribution >= 0.6 is 0 Å². The lowest BCUT2D eigenvalue weighted by molar-refractivity contribution is -0.104. The third-order valence-corrected chi connectivity index (χ3v) is 3.90. The molecular formula is C11H20F2N2. The summed E-state index contributed by atoms with van der Waals surface area (Å²) < 4.78 is 27.1. The average molecular weight is 218 g/mol. The highest BCUT2D eigenvalue weighted by molar-refractivity contribution is 4.90. The normalized spacial score (nSPS) is 36.2. The Morgan fingerprint density at radius 3 is 2.60 bits per heavy atom. The summed E-state index contributed by atoms with van der Waals surface area (Å²) in [5.41, 5.74) is 5.57. The summed E-state index contributed by atoms with van der Waals surface area (Å²) in [5, 5.41) is 0. The van der Waals surface area contributed by atoms with Crippen LogP contribution in [0.2, 0.25) is 0 Å². The molecule has 2 aliphatic rings. The van der Waals surface area contributed by atoms with E-state index in [-0.39, 0.29) is 6.42 Å². The summed E-state index contributed by atoms with van der Waals surface area (Å²) in [6.07, 6.45) is 3.49. The van der Waals surface area contributed by atoms with Gasteiger partial charge in [0.2, 0.25) is 0 Å². The summed E-state index contributed by atoms with van der Waals surface area (Å²) in [6, 6.07) is 0.364. The Balaban J connectivity index is 1.87. The molecule has 2 atom stereocenters. The van der Waals surface area contributed by atoms with Crippen LogP contribution in [-0.2, 0) is 0 Å². The van der Waals surface area contributed by atoms with E-state index in [0.717, 1.165) is 19.4 Å². The summed E-state index contributed by atoms with van der Waals surface area (Å²) in [6.45, 7) is 2.11. The third kappa shape index (κ3) is 2.31. The van der Waals surface area contributed by atoms with Crippen molar-refractivity contribution in [3.63, 3.8) is 0 Å². The lowest BCUT2D eigenvalue weighted by atomic mass is 9.84. The number of nitrogens with zero attached hydrogens (tertiary/aromatic N) is 1. The molecule has 4 heteroatoms. The zero-order valence-electron chi connectivity index (χ0n) is 9.09. The summed E-state index contributed by atoms with van der Waals surface area (Å²) in [5.74, 6) is -2.87. The molecule has 2 rings (SSSR count). The zero-order valence-corrected chi connectivity index (χ0v) is 9.09. The molecule has 1 saturated heterocycles. The van der Waals surface area contributed by atoms with Crippen LogP contribution in [0.5, 0.6) is 0 Å². The van der Waals surface area contributed by atoms with Crippen LogP contribution in [0.1, 0.15) is 32.1 Å². The molecule has 1 aliphatic heterocycles. The lowest BCUT2D eigenvalue weighted by Crippen LogP contribution is -2.55. The molecule has 2 fully saturated rings. The van der Waals surface area contributed by atoms with Gasteiger partial charge in [0, 0.05) is 38.0 Å². The van der Waals surface area contributed by atoms with Gasteiger partial charge in [0.1, 0.15) is 0 Å². The number of halogens is 2. The molecular weight excluding hydrogens is 198 g/mol. The second-order valence-corrected chi connectivity index (χ2v) is 4.88. The van der Waals surface area contributed by atoms with Gasteiger partial charge in [-0.1, -0.05) is 6.42 Å². The fraction of sp³-hybridized carbons (Fsp3) is 1.00. The van der Waals surface area contributed by atoms with E-state index in [1.807, 2.05) is 0 Å². The lowest BCUT2D eigenvalue weighted by Gasteiger charge is -2.44. The molecule has 2 unspecified atom stereocenters. The van der Waals surface area contributed by atoms with Gasteiger partial charge in [0.25, 0.3) is 5.92 Å². The first kappa shape index (κ1) is 11.3. The first-order chi connectivity index (χ1) is 7.13. The van der Waals surface area contributed by atoms with Crippen molar-refractivity contribution in [1.29, 1.82) is 0 Å². The Labute approximate surface area is 89.8 Å². The van der Waals surface area contributed by atoms with Gasteiger partial charge in [-0.05, 0) is 19.3 Å². The van der Waals surface area contributed by atoms with Crippen LogP contribution in [0, 0.1) is 5.92 Å². The van der Waals surface area contributed by atoms with Gasteiger partial charge < -0.3 is 5.73 Å². The molecule has 0 aromatic rings. The quantitative estimate of drug-likeness (QED) is 0.783. The van der Waals surface area contributed by atoms with Gasteiger partial charge in [-0.2, -0.15) is 0 Å². The minimum absolute atomic E-state index is 0.0821. The molecule has 88 valence electrons. The van der Waals surface area contributed by atoms with Crippen LogP contribution in [0.15, 0.2) is 0 Å². The smallest absolute Gasteiger partial charge is 0.252 e. The average Bonchev–Trinajstić information content (AvgIpc) is 2.14. The summed E-state index contributed by atoms with van der Waals surface area (Å²) in [7, 11) is 0. The van der Waals surface area contributed by atoms with E-state index >= 15 is 0 Å². The molecule has 1 heterocycles. The molecule has 0 aromatic carbocycles. The molecule has 1 saturated carbocycles. The van der Waals surface area contributed by atoms with E-state index in [1.165, 1.54) is 0 Å². The van der Waals surface area contributed by atoms with E-state index in [1.54, 1.807) is 0 Å². The molecule has 0 aromatic heterocycles. The number of hydrogen-bond donors (Lipinski definition) is 1.